The maximum absolute atomic E-state index is 11.2. The van der Waals surface area contributed by atoms with Crippen LogP contribution in [-0.4, -0.2) is 31.8 Å². The van der Waals surface area contributed by atoms with E-state index in [2.05, 4.69) is 10.6 Å². The normalized spacial score (nSPS) is 22.0. The zero-order valence-electron chi connectivity index (χ0n) is 12.4. The SMILES string of the molecule is COc1ccc(CC2CNC(=O)N2)cc1OC1CCCC1. The monoisotopic (exact) mass is 290 g/mol. The van der Waals surface area contributed by atoms with Gasteiger partial charge in [-0.05, 0) is 49.8 Å². The van der Waals surface area contributed by atoms with Gasteiger partial charge in [0.25, 0.3) is 0 Å². The Morgan fingerprint density at radius 3 is 2.71 bits per heavy atom. The first kappa shape index (κ1) is 14.0. The number of benzene rings is 1. The first-order chi connectivity index (χ1) is 10.2. The molecule has 3 rings (SSSR count). The average molecular weight is 290 g/mol. The Balaban J connectivity index is 1.70. The lowest BCUT2D eigenvalue weighted by atomic mass is 10.1. The first-order valence-electron chi connectivity index (χ1n) is 7.62. The van der Waals surface area contributed by atoms with E-state index in [1.165, 1.54) is 12.8 Å². The van der Waals surface area contributed by atoms with Gasteiger partial charge in [0.2, 0.25) is 0 Å². The third kappa shape index (κ3) is 3.40. The molecule has 0 radical (unpaired) electrons. The molecule has 1 unspecified atom stereocenters. The first-order valence-corrected chi connectivity index (χ1v) is 7.62. The van der Waals surface area contributed by atoms with Gasteiger partial charge in [-0.2, -0.15) is 0 Å². The summed E-state index contributed by atoms with van der Waals surface area (Å²) in [5.41, 5.74) is 1.15. The number of nitrogens with one attached hydrogen (secondary N) is 2. The van der Waals surface area contributed by atoms with Gasteiger partial charge in [0.1, 0.15) is 0 Å². The summed E-state index contributed by atoms with van der Waals surface area (Å²) in [7, 11) is 1.66. The summed E-state index contributed by atoms with van der Waals surface area (Å²) in [6, 6.07) is 6.08. The topological polar surface area (TPSA) is 59.6 Å². The quantitative estimate of drug-likeness (QED) is 0.874. The van der Waals surface area contributed by atoms with Crippen LogP contribution in [0.15, 0.2) is 18.2 Å². The van der Waals surface area contributed by atoms with Crippen LogP contribution in [0.3, 0.4) is 0 Å². The lowest BCUT2D eigenvalue weighted by molar-refractivity contribution is 0.200. The molecule has 5 nitrogen and oxygen atoms in total. The highest BCUT2D eigenvalue weighted by molar-refractivity contribution is 5.76. The van der Waals surface area contributed by atoms with Crippen molar-refractivity contribution in [1.29, 1.82) is 0 Å². The van der Waals surface area contributed by atoms with Crippen molar-refractivity contribution >= 4 is 6.03 Å². The van der Waals surface area contributed by atoms with Crippen molar-refractivity contribution in [2.24, 2.45) is 0 Å². The van der Waals surface area contributed by atoms with Crippen molar-refractivity contribution in [3.8, 4) is 11.5 Å². The van der Waals surface area contributed by atoms with Crippen molar-refractivity contribution in [2.45, 2.75) is 44.2 Å². The standard InChI is InChI=1S/C16H22N2O3/c1-20-14-7-6-11(8-12-10-17-16(19)18-12)9-15(14)21-13-4-2-3-5-13/h6-7,9,12-13H,2-5,8,10H2,1H3,(H2,17,18,19). The summed E-state index contributed by atoms with van der Waals surface area (Å²) in [4.78, 5) is 11.2. The summed E-state index contributed by atoms with van der Waals surface area (Å²) in [5.74, 6) is 1.60. The Morgan fingerprint density at radius 1 is 1.24 bits per heavy atom. The number of carbonyl (C=O) groups is 1. The fourth-order valence-electron chi connectivity index (χ4n) is 3.04. The van der Waals surface area contributed by atoms with E-state index in [1.807, 2.05) is 18.2 Å². The molecule has 2 amide bonds. The molecule has 0 bridgehead atoms. The van der Waals surface area contributed by atoms with Gasteiger partial charge in [0, 0.05) is 6.54 Å². The molecule has 2 fully saturated rings. The van der Waals surface area contributed by atoms with Crippen LogP contribution in [0.2, 0.25) is 0 Å². The molecule has 1 saturated heterocycles. The highest BCUT2D eigenvalue weighted by Gasteiger charge is 2.22. The van der Waals surface area contributed by atoms with Crippen LogP contribution in [-0.2, 0) is 6.42 Å². The predicted octanol–water partition coefficient (Wildman–Crippen LogP) is 2.24. The number of urea groups is 1. The van der Waals surface area contributed by atoms with Gasteiger partial charge in [0.15, 0.2) is 11.5 Å². The molecule has 1 saturated carbocycles. The van der Waals surface area contributed by atoms with Gasteiger partial charge < -0.3 is 20.1 Å². The molecule has 1 heterocycles. The third-order valence-electron chi connectivity index (χ3n) is 4.15. The van der Waals surface area contributed by atoms with Gasteiger partial charge >= 0.3 is 6.03 Å². The molecule has 114 valence electrons. The van der Waals surface area contributed by atoms with E-state index in [0.717, 1.165) is 36.3 Å². The molecular formula is C16H22N2O3. The molecule has 21 heavy (non-hydrogen) atoms. The molecular weight excluding hydrogens is 268 g/mol. The summed E-state index contributed by atoms with van der Waals surface area (Å²) >= 11 is 0. The Hall–Kier alpha value is -1.91. The van der Waals surface area contributed by atoms with Crippen LogP contribution < -0.4 is 20.1 Å². The molecule has 1 aliphatic carbocycles. The fraction of sp³-hybridized carbons (Fsp3) is 0.562. The second kappa shape index (κ2) is 6.24. The minimum Gasteiger partial charge on any atom is -0.493 e. The maximum Gasteiger partial charge on any atom is 0.315 e. The lowest BCUT2D eigenvalue weighted by Crippen LogP contribution is -2.28. The van der Waals surface area contributed by atoms with Crippen LogP contribution in [0.5, 0.6) is 11.5 Å². The van der Waals surface area contributed by atoms with Crippen molar-refractivity contribution < 1.29 is 14.3 Å². The Kier molecular flexibility index (Phi) is 4.18. The largest absolute Gasteiger partial charge is 0.493 e. The van der Waals surface area contributed by atoms with E-state index in [-0.39, 0.29) is 12.1 Å². The van der Waals surface area contributed by atoms with E-state index >= 15 is 0 Å². The number of hydrogen-bond acceptors (Lipinski definition) is 3. The summed E-state index contributed by atoms with van der Waals surface area (Å²) < 4.78 is 11.5. The molecule has 1 aromatic carbocycles. The van der Waals surface area contributed by atoms with Crippen LogP contribution in [0.4, 0.5) is 4.79 Å². The van der Waals surface area contributed by atoms with Crippen LogP contribution >= 0.6 is 0 Å². The van der Waals surface area contributed by atoms with E-state index in [1.54, 1.807) is 7.11 Å². The summed E-state index contributed by atoms with van der Waals surface area (Å²) in [6.45, 7) is 0.670. The van der Waals surface area contributed by atoms with Gasteiger partial charge in [-0.3, -0.25) is 0 Å². The molecule has 0 spiro atoms. The summed E-state index contributed by atoms with van der Waals surface area (Å²) in [5, 5.41) is 5.68. The molecule has 5 heteroatoms. The number of amides is 2. The zero-order valence-corrected chi connectivity index (χ0v) is 12.4. The number of rotatable bonds is 5. The highest BCUT2D eigenvalue weighted by Crippen LogP contribution is 2.32. The number of hydrogen-bond donors (Lipinski definition) is 2. The lowest BCUT2D eigenvalue weighted by Gasteiger charge is -2.17. The Labute approximate surface area is 125 Å². The number of carbonyl (C=O) groups excluding carboxylic acids is 1. The second-order valence-corrected chi connectivity index (χ2v) is 5.76. The molecule has 2 N–H and O–H groups in total. The van der Waals surface area contributed by atoms with Crippen LogP contribution in [0.1, 0.15) is 31.2 Å². The summed E-state index contributed by atoms with van der Waals surface area (Å²) in [6.07, 6.45) is 5.83. The van der Waals surface area contributed by atoms with Crippen molar-refractivity contribution in [3.05, 3.63) is 23.8 Å². The maximum atomic E-state index is 11.2. The van der Waals surface area contributed by atoms with Gasteiger partial charge in [0.05, 0.1) is 19.3 Å². The Bertz CT molecular complexity index is 512. The minimum atomic E-state index is -0.0871. The van der Waals surface area contributed by atoms with Crippen molar-refractivity contribution in [3.63, 3.8) is 0 Å². The molecule has 0 aromatic heterocycles. The van der Waals surface area contributed by atoms with E-state index in [9.17, 15) is 4.79 Å². The average Bonchev–Trinajstić information content (AvgIpc) is 3.11. The van der Waals surface area contributed by atoms with Gasteiger partial charge in [-0.1, -0.05) is 6.07 Å². The Morgan fingerprint density at radius 2 is 2.05 bits per heavy atom. The molecule has 1 aliphatic heterocycles. The highest BCUT2D eigenvalue weighted by atomic mass is 16.5. The fourth-order valence-corrected chi connectivity index (χ4v) is 3.04. The predicted molar refractivity (Wildman–Crippen MR) is 79.9 cm³/mol. The third-order valence-corrected chi connectivity index (χ3v) is 4.15. The molecule has 1 aromatic rings. The molecule has 2 aliphatic rings. The van der Waals surface area contributed by atoms with Crippen molar-refractivity contribution in [1.82, 2.24) is 10.6 Å². The number of methoxy groups -OCH3 is 1. The number of ether oxygens (including phenoxy) is 2. The zero-order chi connectivity index (χ0) is 14.7. The molecule has 1 atom stereocenters. The van der Waals surface area contributed by atoms with Gasteiger partial charge in [-0.15, -0.1) is 0 Å². The van der Waals surface area contributed by atoms with Crippen molar-refractivity contribution in [2.75, 3.05) is 13.7 Å². The van der Waals surface area contributed by atoms with Crippen LogP contribution in [0, 0.1) is 0 Å². The van der Waals surface area contributed by atoms with E-state index in [4.69, 9.17) is 9.47 Å². The van der Waals surface area contributed by atoms with E-state index in [0.29, 0.717) is 12.6 Å². The van der Waals surface area contributed by atoms with Gasteiger partial charge in [-0.25, -0.2) is 4.79 Å². The smallest absolute Gasteiger partial charge is 0.315 e. The van der Waals surface area contributed by atoms with Crippen LogP contribution in [0.25, 0.3) is 0 Å². The van der Waals surface area contributed by atoms with E-state index < -0.39 is 0 Å². The second-order valence-electron chi connectivity index (χ2n) is 5.76. The minimum absolute atomic E-state index is 0.0871.